The lowest BCUT2D eigenvalue weighted by Crippen LogP contribution is -2.03. The van der Waals surface area contributed by atoms with Crippen molar-refractivity contribution in [1.29, 1.82) is 0 Å². The molecular weight excluding hydrogens is 260 g/mol. The molecule has 1 aromatic heterocycles. The van der Waals surface area contributed by atoms with E-state index in [1.807, 2.05) is 20.9 Å². The van der Waals surface area contributed by atoms with Gasteiger partial charge in [-0.2, -0.15) is 5.10 Å². The molecule has 2 unspecified atom stereocenters. The van der Waals surface area contributed by atoms with Gasteiger partial charge < -0.3 is 5.11 Å². The third kappa shape index (κ3) is 1.40. The summed E-state index contributed by atoms with van der Waals surface area (Å²) in [5.41, 5.74) is 0.801. The molecule has 1 fully saturated rings. The summed E-state index contributed by atoms with van der Waals surface area (Å²) >= 11 is 3.41. The summed E-state index contributed by atoms with van der Waals surface area (Å²) in [6.07, 6.45) is 1.71. The van der Waals surface area contributed by atoms with Crippen LogP contribution in [0.3, 0.4) is 0 Å². The third-order valence-corrected chi connectivity index (χ3v) is 3.94. The lowest BCUT2D eigenvalue weighted by molar-refractivity contribution is -0.139. The van der Waals surface area contributed by atoms with Crippen molar-refractivity contribution in [2.45, 2.75) is 19.8 Å². The highest BCUT2D eigenvalue weighted by atomic mass is 79.9. The molecule has 0 radical (unpaired) electrons. The van der Waals surface area contributed by atoms with Gasteiger partial charge in [0.15, 0.2) is 0 Å². The summed E-state index contributed by atoms with van der Waals surface area (Å²) < 4.78 is 2.64. The third-order valence-electron chi connectivity index (χ3n) is 3.33. The van der Waals surface area contributed by atoms with Crippen LogP contribution in [0.2, 0.25) is 0 Å². The molecule has 15 heavy (non-hydrogen) atoms. The van der Waals surface area contributed by atoms with Gasteiger partial charge in [0.1, 0.15) is 0 Å². The molecule has 5 heteroatoms. The number of aryl methyl sites for hydroxylation is 1. The molecule has 4 nitrogen and oxygen atoms in total. The normalized spacial score (nSPS) is 27.7. The van der Waals surface area contributed by atoms with Crippen LogP contribution < -0.4 is 0 Å². The van der Waals surface area contributed by atoms with Gasteiger partial charge in [-0.3, -0.25) is 9.48 Å². The highest BCUT2D eigenvalue weighted by Gasteiger charge is 2.64. The highest BCUT2D eigenvalue weighted by Crippen LogP contribution is 2.65. The van der Waals surface area contributed by atoms with Crippen molar-refractivity contribution in [2.75, 3.05) is 0 Å². The minimum Gasteiger partial charge on any atom is -0.481 e. The summed E-state index contributed by atoms with van der Waals surface area (Å²) in [6.45, 7) is 3.96. The number of carboxylic acid groups (broad SMARTS) is 1. The number of rotatable bonds is 2. The average Bonchev–Trinajstić information content (AvgIpc) is 2.50. The molecule has 0 bridgehead atoms. The van der Waals surface area contributed by atoms with E-state index in [9.17, 15) is 4.79 Å². The molecule has 1 heterocycles. The van der Waals surface area contributed by atoms with Crippen LogP contribution in [0.4, 0.5) is 0 Å². The Hall–Kier alpha value is -0.840. The second kappa shape index (κ2) is 3.07. The van der Waals surface area contributed by atoms with Crippen LogP contribution in [0, 0.1) is 11.3 Å². The Kier molecular flexibility index (Phi) is 2.19. The fourth-order valence-electron chi connectivity index (χ4n) is 2.38. The number of carboxylic acids is 1. The first-order valence-electron chi connectivity index (χ1n) is 4.77. The quantitative estimate of drug-likeness (QED) is 0.896. The lowest BCUT2D eigenvalue weighted by atomic mass is 10.1. The van der Waals surface area contributed by atoms with E-state index in [4.69, 9.17) is 5.11 Å². The fraction of sp³-hybridized carbons (Fsp3) is 0.600. The molecule has 1 aliphatic carbocycles. The number of carbonyl (C=O) groups is 1. The molecule has 1 aliphatic rings. The number of nitrogens with zero attached hydrogens (tertiary/aromatic N) is 2. The van der Waals surface area contributed by atoms with E-state index >= 15 is 0 Å². The molecule has 0 aromatic carbocycles. The fourth-order valence-corrected chi connectivity index (χ4v) is 2.97. The highest BCUT2D eigenvalue weighted by molar-refractivity contribution is 9.10. The molecule has 1 aromatic rings. The van der Waals surface area contributed by atoms with Gasteiger partial charge >= 0.3 is 5.97 Å². The monoisotopic (exact) mass is 272 g/mol. The zero-order valence-electron chi connectivity index (χ0n) is 8.86. The van der Waals surface area contributed by atoms with Gasteiger partial charge in [0.2, 0.25) is 0 Å². The maximum atomic E-state index is 11.1. The molecule has 1 N–H and O–H groups in total. The van der Waals surface area contributed by atoms with Crippen molar-refractivity contribution in [3.63, 3.8) is 0 Å². The molecular formula is C10H13BrN2O2. The number of aromatic nitrogens is 2. The largest absolute Gasteiger partial charge is 0.481 e. The van der Waals surface area contributed by atoms with Crippen LogP contribution in [0.25, 0.3) is 0 Å². The first kappa shape index (κ1) is 10.7. The van der Waals surface area contributed by atoms with E-state index in [2.05, 4.69) is 21.0 Å². The van der Waals surface area contributed by atoms with Gasteiger partial charge in [0.25, 0.3) is 0 Å². The minimum absolute atomic E-state index is 0.0527. The number of halogens is 1. The molecule has 0 spiro atoms. The van der Waals surface area contributed by atoms with Gasteiger partial charge in [-0.25, -0.2) is 0 Å². The summed E-state index contributed by atoms with van der Waals surface area (Å²) in [5.74, 6) is -0.973. The van der Waals surface area contributed by atoms with Gasteiger partial charge in [-0.15, -0.1) is 0 Å². The Bertz CT molecular complexity index is 406. The number of hydrogen-bond donors (Lipinski definition) is 1. The molecule has 2 rings (SSSR count). The van der Waals surface area contributed by atoms with Gasteiger partial charge in [0.05, 0.1) is 22.3 Å². The standard InChI is InChI=1S/C10H13BrN2O2/c1-10(2)6(7(10)9(14)15)8-5(11)4-12-13(8)3/h4,6-7H,1-3H3,(H,14,15). The molecule has 82 valence electrons. The van der Waals surface area contributed by atoms with Crippen molar-refractivity contribution in [3.8, 4) is 0 Å². The Morgan fingerprint density at radius 1 is 1.67 bits per heavy atom. The Morgan fingerprint density at radius 2 is 2.27 bits per heavy atom. The van der Waals surface area contributed by atoms with Crippen LogP contribution in [-0.4, -0.2) is 20.9 Å². The Morgan fingerprint density at radius 3 is 2.60 bits per heavy atom. The smallest absolute Gasteiger partial charge is 0.307 e. The van der Waals surface area contributed by atoms with Gasteiger partial charge in [-0.05, 0) is 21.3 Å². The molecule has 0 saturated heterocycles. The van der Waals surface area contributed by atoms with Crippen molar-refractivity contribution >= 4 is 21.9 Å². The summed E-state index contributed by atoms with van der Waals surface area (Å²) in [6, 6.07) is 0. The summed E-state index contributed by atoms with van der Waals surface area (Å²) in [5, 5.41) is 13.2. The van der Waals surface area contributed by atoms with Gasteiger partial charge in [-0.1, -0.05) is 13.8 Å². The zero-order valence-corrected chi connectivity index (χ0v) is 10.4. The second-order valence-corrected chi connectivity index (χ2v) is 5.47. The molecule has 2 atom stereocenters. The van der Waals surface area contributed by atoms with E-state index in [-0.39, 0.29) is 17.3 Å². The first-order valence-corrected chi connectivity index (χ1v) is 5.57. The molecule has 0 amide bonds. The lowest BCUT2D eigenvalue weighted by Gasteiger charge is -2.03. The van der Waals surface area contributed by atoms with Crippen molar-refractivity contribution in [1.82, 2.24) is 9.78 Å². The van der Waals surface area contributed by atoms with Crippen molar-refractivity contribution < 1.29 is 9.90 Å². The topological polar surface area (TPSA) is 55.1 Å². The number of hydrogen-bond acceptors (Lipinski definition) is 2. The first-order chi connectivity index (χ1) is 6.87. The van der Waals surface area contributed by atoms with E-state index < -0.39 is 5.97 Å². The van der Waals surface area contributed by atoms with Crippen molar-refractivity contribution in [3.05, 3.63) is 16.4 Å². The second-order valence-electron chi connectivity index (χ2n) is 4.62. The molecule has 0 aliphatic heterocycles. The predicted octanol–water partition coefficient (Wildman–Crippen LogP) is 2.01. The maximum absolute atomic E-state index is 11.1. The minimum atomic E-state index is -0.724. The van der Waals surface area contributed by atoms with Crippen LogP contribution in [-0.2, 0) is 11.8 Å². The molecule has 1 saturated carbocycles. The maximum Gasteiger partial charge on any atom is 0.307 e. The zero-order chi connectivity index (χ0) is 11.4. The Labute approximate surface area is 96.4 Å². The van der Waals surface area contributed by atoms with E-state index in [0.29, 0.717) is 0 Å². The van der Waals surface area contributed by atoms with Crippen LogP contribution in [0.15, 0.2) is 10.7 Å². The van der Waals surface area contributed by atoms with Crippen molar-refractivity contribution in [2.24, 2.45) is 18.4 Å². The summed E-state index contributed by atoms with van der Waals surface area (Å²) in [4.78, 5) is 11.1. The Balaban J connectivity index is 2.39. The van der Waals surface area contributed by atoms with Crippen LogP contribution in [0.5, 0.6) is 0 Å². The van der Waals surface area contributed by atoms with E-state index in [1.165, 1.54) is 0 Å². The summed E-state index contributed by atoms with van der Waals surface area (Å²) in [7, 11) is 1.84. The van der Waals surface area contributed by atoms with E-state index in [0.717, 1.165) is 10.2 Å². The van der Waals surface area contributed by atoms with E-state index in [1.54, 1.807) is 10.9 Å². The predicted molar refractivity (Wildman–Crippen MR) is 58.6 cm³/mol. The SMILES string of the molecule is Cn1ncc(Br)c1C1C(C(=O)O)C1(C)C. The van der Waals surface area contributed by atoms with Crippen LogP contribution >= 0.6 is 15.9 Å². The van der Waals surface area contributed by atoms with Gasteiger partial charge in [0, 0.05) is 13.0 Å². The average molecular weight is 273 g/mol. The number of aliphatic carboxylic acids is 1. The van der Waals surface area contributed by atoms with Crippen LogP contribution in [0.1, 0.15) is 25.5 Å².